The van der Waals surface area contributed by atoms with Gasteiger partial charge in [0.2, 0.25) is 0 Å². The number of fused-ring (bicyclic) bond motifs is 1. The average molecular weight is 219 g/mol. The Hall–Kier alpha value is -1.55. The molecular weight excluding hydrogens is 202 g/mol. The van der Waals surface area contributed by atoms with E-state index in [-0.39, 0.29) is 6.03 Å². The van der Waals surface area contributed by atoms with Crippen LogP contribution in [0.25, 0.3) is 0 Å². The molecule has 1 atom stereocenters. The van der Waals surface area contributed by atoms with Gasteiger partial charge in [0.05, 0.1) is 5.69 Å². The zero-order valence-electron chi connectivity index (χ0n) is 9.66. The summed E-state index contributed by atoms with van der Waals surface area (Å²) in [5, 5.41) is 5.95. The number of anilines is 1. The fourth-order valence-corrected chi connectivity index (χ4v) is 2.21. The Bertz CT molecular complexity index is 392. The van der Waals surface area contributed by atoms with Crippen LogP contribution in [0.3, 0.4) is 0 Å². The molecule has 2 amide bonds. The molecule has 4 heteroatoms. The van der Waals surface area contributed by atoms with Gasteiger partial charge in [0.1, 0.15) is 0 Å². The van der Waals surface area contributed by atoms with Crippen LogP contribution in [0.1, 0.15) is 18.0 Å². The summed E-state index contributed by atoms with van der Waals surface area (Å²) < 4.78 is 0. The molecule has 1 heterocycles. The minimum atomic E-state index is -0.0398. The SMILES string of the molecule is CNC(=O)N1CCC(NC)c2ccccc21. The van der Waals surface area contributed by atoms with E-state index in [1.807, 2.05) is 25.2 Å². The Morgan fingerprint density at radius 3 is 2.81 bits per heavy atom. The third-order valence-electron chi connectivity index (χ3n) is 3.05. The average Bonchev–Trinajstić information content (AvgIpc) is 2.36. The first kappa shape index (κ1) is 11.0. The highest BCUT2D eigenvalue weighted by atomic mass is 16.2. The second-order valence-corrected chi connectivity index (χ2v) is 3.90. The summed E-state index contributed by atoms with van der Waals surface area (Å²) in [6, 6.07) is 8.35. The lowest BCUT2D eigenvalue weighted by Crippen LogP contribution is -2.43. The van der Waals surface area contributed by atoms with Crippen molar-refractivity contribution in [1.82, 2.24) is 10.6 Å². The maximum absolute atomic E-state index is 11.7. The van der Waals surface area contributed by atoms with Crippen molar-refractivity contribution < 1.29 is 4.79 Å². The molecule has 4 nitrogen and oxygen atoms in total. The van der Waals surface area contributed by atoms with Crippen molar-refractivity contribution in [1.29, 1.82) is 0 Å². The van der Waals surface area contributed by atoms with Gasteiger partial charge in [-0.05, 0) is 25.1 Å². The zero-order chi connectivity index (χ0) is 11.5. The molecular formula is C12H17N3O. The predicted octanol–water partition coefficient (Wildman–Crippen LogP) is 1.50. The number of nitrogens with one attached hydrogen (secondary N) is 2. The number of hydrogen-bond donors (Lipinski definition) is 2. The first-order valence-corrected chi connectivity index (χ1v) is 5.53. The van der Waals surface area contributed by atoms with Crippen molar-refractivity contribution in [2.45, 2.75) is 12.5 Å². The van der Waals surface area contributed by atoms with Crippen LogP contribution in [-0.2, 0) is 0 Å². The molecule has 1 aliphatic rings. The molecule has 1 aliphatic heterocycles. The Morgan fingerprint density at radius 2 is 2.12 bits per heavy atom. The highest BCUT2D eigenvalue weighted by Crippen LogP contribution is 2.33. The van der Waals surface area contributed by atoms with E-state index >= 15 is 0 Å². The molecule has 0 spiro atoms. The van der Waals surface area contributed by atoms with Gasteiger partial charge in [0.15, 0.2) is 0 Å². The highest BCUT2D eigenvalue weighted by Gasteiger charge is 2.26. The summed E-state index contributed by atoms with van der Waals surface area (Å²) in [5.41, 5.74) is 2.20. The Kier molecular flexibility index (Phi) is 3.10. The quantitative estimate of drug-likeness (QED) is 0.751. The Morgan fingerprint density at radius 1 is 1.38 bits per heavy atom. The molecule has 2 N–H and O–H groups in total. The number of para-hydroxylation sites is 1. The molecule has 0 aromatic heterocycles. The summed E-state index contributed by atoms with van der Waals surface area (Å²) >= 11 is 0. The molecule has 0 radical (unpaired) electrons. The number of carbonyl (C=O) groups excluding carboxylic acids is 1. The van der Waals surface area contributed by atoms with Gasteiger partial charge in [-0.1, -0.05) is 18.2 Å². The smallest absolute Gasteiger partial charge is 0.321 e. The molecule has 0 saturated carbocycles. The molecule has 1 aromatic carbocycles. The first-order chi connectivity index (χ1) is 7.77. The standard InChI is InChI=1S/C12H17N3O/c1-13-10-7-8-15(12(16)14-2)11-6-4-3-5-9(10)11/h3-6,10,13H,7-8H2,1-2H3,(H,14,16). The molecule has 1 aromatic rings. The highest BCUT2D eigenvalue weighted by molar-refractivity contribution is 5.93. The normalized spacial score (nSPS) is 19.1. The van der Waals surface area contributed by atoms with Gasteiger partial charge in [-0.25, -0.2) is 4.79 Å². The summed E-state index contributed by atoms with van der Waals surface area (Å²) in [4.78, 5) is 13.5. The van der Waals surface area contributed by atoms with Gasteiger partial charge in [-0.2, -0.15) is 0 Å². The number of nitrogens with zero attached hydrogens (tertiary/aromatic N) is 1. The van der Waals surface area contributed by atoms with Crippen molar-refractivity contribution in [3.63, 3.8) is 0 Å². The van der Waals surface area contributed by atoms with Crippen molar-refractivity contribution in [3.05, 3.63) is 29.8 Å². The van der Waals surface area contributed by atoms with Crippen LogP contribution in [-0.4, -0.2) is 26.7 Å². The second kappa shape index (κ2) is 4.53. The summed E-state index contributed by atoms with van der Waals surface area (Å²) in [6.45, 7) is 0.752. The van der Waals surface area contributed by atoms with Gasteiger partial charge in [-0.15, -0.1) is 0 Å². The summed E-state index contributed by atoms with van der Waals surface area (Å²) in [5.74, 6) is 0. The van der Waals surface area contributed by atoms with E-state index in [0.717, 1.165) is 18.7 Å². The van der Waals surface area contributed by atoms with Crippen molar-refractivity contribution >= 4 is 11.7 Å². The van der Waals surface area contributed by atoms with Crippen LogP contribution in [0.15, 0.2) is 24.3 Å². The molecule has 1 unspecified atom stereocenters. The molecule has 0 saturated heterocycles. The molecule has 0 bridgehead atoms. The number of benzene rings is 1. The van der Waals surface area contributed by atoms with E-state index in [9.17, 15) is 4.79 Å². The number of urea groups is 1. The van der Waals surface area contributed by atoms with E-state index in [1.54, 1.807) is 11.9 Å². The maximum Gasteiger partial charge on any atom is 0.321 e. The topological polar surface area (TPSA) is 44.4 Å². The number of carbonyl (C=O) groups is 1. The van der Waals surface area contributed by atoms with Crippen molar-refractivity contribution in [2.75, 3.05) is 25.5 Å². The van der Waals surface area contributed by atoms with Crippen LogP contribution >= 0.6 is 0 Å². The van der Waals surface area contributed by atoms with E-state index < -0.39 is 0 Å². The number of rotatable bonds is 1. The predicted molar refractivity (Wildman–Crippen MR) is 64.7 cm³/mol. The van der Waals surface area contributed by atoms with Crippen molar-refractivity contribution in [3.8, 4) is 0 Å². The van der Waals surface area contributed by atoms with E-state index in [0.29, 0.717) is 6.04 Å². The van der Waals surface area contributed by atoms with Crippen LogP contribution in [0.4, 0.5) is 10.5 Å². The Balaban J connectivity index is 2.38. The lowest BCUT2D eigenvalue weighted by atomic mass is 9.97. The molecule has 0 aliphatic carbocycles. The zero-order valence-corrected chi connectivity index (χ0v) is 9.66. The molecule has 2 rings (SSSR count). The molecule has 16 heavy (non-hydrogen) atoms. The second-order valence-electron chi connectivity index (χ2n) is 3.90. The van der Waals surface area contributed by atoms with E-state index in [4.69, 9.17) is 0 Å². The van der Waals surface area contributed by atoms with E-state index in [1.165, 1.54) is 5.56 Å². The van der Waals surface area contributed by atoms with Crippen LogP contribution in [0.2, 0.25) is 0 Å². The minimum Gasteiger partial charge on any atom is -0.341 e. The monoisotopic (exact) mass is 219 g/mol. The van der Waals surface area contributed by atoms with Crippen LogP contribution < -0.4 is 15.5 Å². The Labute approximate surface area is 95.6 Å². The van der Waals surface area contributed by atoms with E-state index in [2.05, 4.69) is 16.7 Å². The first-order valence-electron chi connectivity index (χ1n) is 5.53. The third-order valence-corrected chi connectivity index (χ3v) is 3.05. The van der Waals surface area contributed by atoms with Gasteiger partial charge in [0.25, 0.3) is 0 Å². The van der Waals surface area contributed by atoms with Gasteiger partial charge in [0, 0.05) is 19.6 Å². The number of hydrogen-bond acceptors (Lipinski definition) is 2. The maximum atomic E-state index is 11.7. The summed E-state index contributed by atoms with van der Waals surface area (Å²) in [6.07, 6.45) is 0.945. The molecule has 0 fully saturated rings. The lowest BCUT2D eigenvalue weighted by Gasteiger charge is -2.33. The van der Waals surface area contributed by atoms with Gasteiger partial charge >= 0.3 is 6.03 Å². The largest absolute Gasteiger partial charge is 0.341 e. The third kappa shape index (κ3) is 1.76. The fraction of sp³-hybridized carbons (Fsp3) is 0.417. The van der Waals surface area contributed by atoms with Crippen LogP contribution in [0, 0.1) is 0 Å². The minimum absolute atomic E-state index is 0.0398. The van der Waals surface area contributed by atoms with Crippen molar-refractivity contribution in [2.24, 2.45) is 0 Å². The number of amides is 2. The molecule has 86 valence electrons. The van der Waals surface area contributed by atoms with Gasteiger partial charge in [-0.3, -0.25) is 4.90 Å². The van der Waals surface area contributed by atoms with Crippen LogP contribution in [0.5, 0.6) is 0 Å². The van der Waals surface area contributed by atoms with Gasteiger partial charge < -0.3 is 10.6 Å². The lowest BCUT2D eigenvalue weighted by molar-refractivity contribution is 0.247. The summed E-state index contributed by atoms with van der Waals surface area (Å²) in [7, 11) is 3.62. The fourth-order valence-electron chi connectivity index (χ4n) is 2.21.